The van der Waals surface area contributed by atoms with Gasteiger partial charge in [-0.2, -0.15) is 0 Å². The third-order valence-corrected chi connectivity index (χ3v) is 2.28. The number of ether oxygens (including phenoxy) is 1. The van der Waals surface area contributed by atoms with Crippen molar-refractivity contribution in [1.82, 2.24) is 0 Å². The Morgan fingerprint density at radius 1 is 1.24 bits per heavy atom. The van der Waals surface area contributed by atoms with Crippen LogP contribution >= 0.6 is 0 Å². The predicted molar refractivity (Wildman–Crippen MR) is 62.6 cm³/mol. The number of benzene rings is 1. The van der Waals surface area contributed by atoms with Crippen LogP contribution in [0.25, 0.3) is 0 Å². The molecule has 0 heterocycles. The van der Waals surface area contributed by atoms with E-state index in [4.69, 9.17) is 4.74 Å². The minimum Gasteiger partial charge on any atom is -0.860 e. The van der Waals surface area contributed by atoms with Crippen LogP contribution in [0.2, 0.25) is 0 Å². The van der Waals surface area contributed by atoms with E-state index in [2.05, 4.69) is 4.65 Å². The number of rotatable bonds is 7. The van der Waals surface area contributed by atoms with Crippen molar-refractivity contribution < 1.29 is 19.4 Å². The molecule has 5 nitrogen and oxygen atoms in total. The molecular weight excluding hydrogens is 221 g/mol. The summed E-state index contributed by atoms with van der Waals surface area (Å²) in [6.07, 6.45) is 0. The summed E-state index contributed by atoms with van der Waals surface area (Å²) in [6.45, 7) is 4.09. The number of hydrogen-bond donors (Lipinski definition) is 0. The van der Waals surface area contributed by atoms with E-state index in [1.807, 2.05) is 18.9 Å². The molecule has 0 N–H and O–H groups in total. The van der Waals surface area contributed by atoms with E-state index in [-0.39, 0.29) is 0 Å². The third-order valence-electron chi connectivity index (χ3n) is 2.28. The first-order valence-corrected chi connectivity index (χ1v) is 5.50. The number of hydrogen-bond acceptors (Lipinski definition) is 5. The van der Waals surface area contributed by atoms with E-state index in [0.717, 1.165) is 12.2 Å². The highest BCUT2D eigenvalue weighted by Gasteiger charge is 2.00. The summed E-state index contributed by atoms with van der Waals surface area (Å²) in [5.41, 5.74) is 0.977. The van der Waals surface area contributed by atoms with Gasteiger partial charge in [0.15, 0.2) is 0 Å². The molecule has 1 aromatic carbocycles. The smallest absolute Gasteiger partial charge is 0.133 e. The summed E-state index contributed by atoms with van der Waals surface area (Å²) in [5.74, 6) is 0.293. The van der Waals surface area contributed by atoms with Crippen molar-refractivity contribution in [3.63, 3.8) is 0 Å². The molecule has 0 aliphatic carbocycles. The Hall–Kier alpha value is -1.24. The zero-order valence-electron chi connectivity index (χ0n) is 10.1. The van der Waals surface area contributed by atoms with Gasteiger partial charge in [-0.25, -0.2) is 0 Å². The van der Waals surface area contributed by atoms with Gasteiger partial charge in [0, 0.05) is 25.9 Å². The Balaban J connectivity index is 2.48. The summed E-state index contributed by atoms with van der Waals surface area (Å²) in [7, 11) is -0.338. The maximum absolute atomic E-state index is 10.3. The Kier molecular flexibility index (Phi) is 5.83. The number of anilines is 1. The second kappa shape index (κ2) is 7.16. The summed E-state index contributed by atoms with van der Waals surface area (Å²) in [5, 5.41) is 20.6. The minimum absolute atomic E-state index is 0.293. The molecule has 0 saturated carbocycles. The van der Waals surface area contributed by atoms with E-state index in [0.29, 0.717) is 19.0 Å². The maximum atomic E-state index is 10.3. The second-order valence-corrected chi connectivity index (χ2v) is 3.52. The van der Waals surface area contributed by atoms with Crippen LogP contribution in [0.4, 0.5) is 5.69 Å². The highest BCUT2D eigenvalue weighted by molar-refractivity contribution is 6.29. The van der Waals surface area contributed by atoms with Crippen LogP contribution in [0.3, 0.4) is 0 Å². The fourth-order valence-corrected chi connectivity index (χ4v) is 1.37. The first kappa shape index (κ1) is 13.8. The molecule has 1 rings (SSSR count). The molecule has 0 bridgehead atoms. The number of likely N-dealkylation sites (N-methyl/N-ethyl adjacent to an activating group) is 1. The van der Waals surface area contributed by atoms with Gasteiger partial charge >= 0.3 is 0 Å². The summed E-state index contributed by atoms with van der Waals surface area (Å²) in [6, 6.07) is 6.80. The first-order chi connectivity index (χ1) is 8.13. The second-order valence-electron chi connectivity index (χ2n) is 3.52. The molecule has 0 aromatic heterocycles. The fourth-order valence-electron chi connectivity index (χ4n) is 1.37. The monoisotopic (exact) mass is 237 g/mol. The van der Waals surface area contributed by atoms with Crippen molar-refractivity contribution in [2.75, 3.05) is 31.7 Å². The van der Waals surface area contributed by atoms with Crippen molar-refractivity contribution in [2.45, 2.75) is 6.92 Å². The summed E-state index contributed by atoms with van der Waals surface area (Å²) < 4.78 is 9.75. The molecular formula is C11H16BNO4-2. The van der Waals surface area contributed by atoms with E-state index in [1.165, 1.54) is 0 Å². The molecule has 0 unspecified atom stereocenters. The van der Waals surface area contributed by atoms with Gasteiger partial charge in [-0.05, 0) is 31.2 Å². The normalized spacial score (nSPS) is 10.1. The highest BCUT2D eigenvalue weighted by atomic mass is 16.6. The van der Waals surface area contributed by atoms with Crippen LogP contribution < -0.4 is 19.6 Å². The van der Waals surface area contributed by atoms with Crippen molar-refractivity contribution in [2.24, 2.45) is 0 Å². The van der Waals surface area contributed by atoms with Gasteiger partial charge in [0.1, 0.15) is 7.32 Å². The molecule has 6 heteroatoms. The van der Waals surface area contributed by atoms with E-state index in [1.54, 1.807) is 24.3 Å². The summed E-state index contributed by atoms with van der Waals surface area (Å²) in [4.78, 5) is 2.02. The van der Waals surface area contributed by atoms with Crippen LogP contribution in [-0.4, -0.2) is 34.1 Å². The molecule has 0 spiro atoms. The Morgan fingerprint density at radius 2 is 1.88 bits per heavy atom. The molecule has 0 fully saturated rings. The van der Waals surface area contributed by atoms with Crippen LogP contribution in [-0.2, 0) is 4.74 Å². The lowest BCUT2D eigenvalue weighted by molar-refractivity contribution is -0.372. The average molecular weight is 237 g/mol. The van der Waals surface area contributed by atoms with Gasteiger partial charge in [-0.15, -0.1) is 0 Å². The van der Waals surface area contributed by atoms with Crippen LogP contribution in [0.1, 0.15) is 6.92 Å². The molecule has 0 aliphatic rings. The lowest BCUT2D eigenvalue weighted by Gasteiger charge is -2.27. The summed E-state index contributed by atoms with van der Waals surface area (Å²) >= 11 is 0. The van der Waals surface area contributed by atoms with Crippen molar-refractivity contribution in [1.29, 1.82) is 0 Å². The van der Waals surface area contributed by atoms with Gasteiger partial charge < -0.3 is 24.3 Å². The Morgan fingerprint density at radius 3 is 2.41 bits per heavy atom. The van der Waals surface area contributed by atoms with Gasteiger partial charge in [-0.3, -0.25) is 0 Å². The molecule has 0 radical (unpaired) electrons. The predicted octanol–water partition coefficient (Wildman–Crippen LogP) is -0.756. The van der Waals surface area contributed by atoms with E-state index >= 15 is 0 Å². The van der Waals surface area contributed by atoms with Crippen molar-refractivity contribution >= 4 is 13.0 Å². The lowest BCUT2D eigenvalue weighted by atomic mass is 10.2. The van der Waals surface area contributed by atoms with Crippen molar-refractivity contribution in [3.05, 3.63) is 24.3 Å². The lowest BCUT2D eigenvalue weighted by Crippen LogP contribution is -2.50. The quantitative estimate of drug-likeness (QED) is 0.460. The standard InChI is InChI=1S/C11H16BNO4/c1-3-16-9-8-13(2)10-4-6-11(7-5-10)17-12(14)15/h4-7H,3,8-9H2,1-2H3/q-2. The van der Waals surface area contributed by atoms with Crippen molar-refractivity contribution in [3.8, 4) is 5.75 Å². The zero-order chi connectivity index (χ0) is 12.7. The molecule has 0 amide bonds. The Labute approximate surface area is 102 Å². The van der Waals surface area contributed by atoms with E-state index < -0.39 is 7.32 Å². The van der Waals surface area contributed by atoms with Gasteiger partial charge in [0.25, 0.3) is 0 Å². The maximum Gasteiger partial charge on any atom is 0.133 e. The minimum atomic E-state index is -2.28. The fraction of sp³-hybridized carbons (Fsp3) is 0.455. The van der Waals surface area contributed by atoms with Gasteiger partial charge in [0.2, 0.25) is 0 Å². The topological polar surface area (TPSA) is 67.8 Å². The highest BCUT2D eigenvalue weighted by Crippen LogP contribution is 2.18. The molecule has 0 saturated heterocycles. The third kappa shape index (κ3) is 5.08. The van der Waals surface area contributed by atoms with Crippen LogP contribution in [0, 0.1) is 0 Å². The van der Waals surface area contributed by atoms with Crippen LogP contribution in [0.15, 0.2) is 24.3 Å². The first-order valence-electron chi connectivity index (χ1n) is 5.50. The average Bonchev–Trinajstić information content (AvgIpc) is 2.29. The van der Waals surface area contributed by atoms with E-state index in [9.17, 15) is 10.0 Å². The molecule has 94 valence electrons. The Bertz CT molecular complexity index is 318. The molecule has 0 aliphatic heterocycles. The SMILES string of the molecule is CCOCCN(C)c1ccc(OB([O-])[O-])cc1. The van der Waals surface area contributed by atoms with Crippen LogP contribution in [0.5, 0.6) is 5.75 Å². The zero-order valence-corrected chi connectivity index (χ0v) is 10.1. The number of nitrogens with zero attached hydrogens (tertiary/aromatic N) is 1. The molecule has 1 aromatic rings. The molecule has 17 heavy (non-hydrogen) atoms. The van der Waals surface area contributed by atoms with Gasteiger partial charge in [0.05, 0.1) is 12.4 Å². The largest absolute Gasteiger partial charge is 0.860 e. The van der Waals surface area contributed by atoms with Gasteiger partial charge in [-0.1, -0.05) is 0 Å². The molecule has 0 atom stereocenters.